The summed E-state index contributed by atoms with van der Waals surface area (Å²) in [6, 6.07) is 7.99. The van der Waals surface area contributed by atoms with E-state index in [1.807, 2.05) is 42.9 Å². The van der Waals surface area contributed by atoms with Crippen LogP contribution in [0.3, 0.4) is 0 Å². The topological polar surface area (TPSA) is 50.1 Å². The second kappa shape index (κ2) is 5.99. The van der Waals surface area contributed by atoms with Gasteiger partial charge in [0.05, 0.1) is 18.8 Å². The van der Waals surface area contributed by atoms with Crippen LogP contribution in [0.4, 0.5) is 0 Å². The molecule has 0 spiro atoms. The van der Waals surface area contributed by atoms with Gasteiger partial charge in [0.25, 0.3) is 0 Å². The highest BCUT2D eigenvalue weighted by atomic mass is 16.3. The highest BCUT2D eigenvalue weighted by molar-refractivity contribution is 5.27. The standard InChI is InChI=1S/C15H21N3O/c1-11-15(8-16-3)12(2)18(17-11)9-13-4-6-14(10-19)7-5-13/h4-7,16,19H,8-10H2,1-3H3. The number of aryl methyl sites for hydroxylation is 1. The van der Waals surface area contributed by atoms with Gasteiger partial charge in [0, 0.05) is 17.8 Å². The second-order valence-electron chi connectivity index (χ2n) is 4.81. The number of hydrogen-bond acceptors (Lipinski definition) is 3. The van der Waals surface area contributed by atoms with E-state index in [1.165, 1.54) is 16.8 Å². The molecule has 0 saturated heterocycles. The maximum absolute atomic E-state index is 9.04. The zero-order chi connectivity index (χ0) is 13.8. The van der Waals surface area contributed by atoms with Gasteiger partial charge in [-0.25, -0.2) is 0 Å². The molecule has 1 aromatic heterocycles. The Labute approximate surface area is 114 Å². The number of rotatable bonds is 5. The van der Waals surface area contributed by atoms with Gasteiger partial charge in [0.15, 0.2) is 0 Å². The van der Waals surface area contributed by atoms with E-state index in [-0.39, 0.29) is 6.61 Å². The first-order chi connectivity index (χ1) is 9.15. The zero-order valence-corrected chi connectivity index (χ0v) is 11.8. The molecule has 0 bridgehead atoms. The third-order valence-electron chi connectivity index (χ3n) is 3.42. The molecule has 0 amide bonds. The van der Waals surface area contributed by atoms with Gasteiger partial charge >= 0.3 is 0 Å². The van der Waals surface area contributed by atoms with Gasteiger partial charge in [0.1, 0.15) is 0 Å². The van der Waals surface area contributed by atoms with E-state index in [2.05, 4.69) is 17.3 Å². The molecule has 0 aliphatic rings. The third kappa shape index (κ3) is 3.03. The average molecular weight is 259 g/mol. The van der Waals surface area contributed by atoms with Crippen molar-refractivity contribution < 1.29 is 5.11 Å². The van der Waals surface area contributed by atoms with E-state index in [4.69, 9.17) is 5.11 Å². The first-order valence-corrected chi connectivity index (χ1v) is 6.52. The molecule has 0 radical (unpaired) electrons. The predicted octanol–water partition coefficient (Wildman–Crippen LogP) is 1.76. The number of nitrogens with zero attached hydrogens (tertiary/aromatic N) is 2. The van der Waals surface area contributed by atoms with E-state index in [0.717, 1.165) is 24.3 Å². The van der Waals surface area contributed by atoms with Gasteiger partial charge in [-0.3, -0.25) is 4.68 Å². The van der Waals surface area contributed by atoms with Crippen LogP contribution in [0.25, 0.3) is 0 Å². The second-order valence-corrected chi connectivity index (χ2v) is 4.81. The van der Waals surface area contributed by atoms with Crippen LogP contribution >= 0.6 is 0 Å². The summed E-state index contributed by atoms with van der Waals surface area (Å²) >= 11 is 0. The van der Waals surface area contributed by atoms with Crippen molar-refractivity contribution in [3.05, 3.63) is 52.3 Å². The summed E-state index contributed by atoms with van der Waals surface area (Å²) in [5, 5.41) is 16.8. The quantitative estimate of drug-likeness (QED) is 0.860. The number of benzene rings is 1. The minimum atomic E-state index is 0.0898. The molecule has 4 heteroatoms. The van der Waals surface area contributed by atoms with E-state index >= 15 is 0 Å². The van der Waals surface area contributed by atoms with Crippen molar-refractivity contribution in [2.24, 2.45) is 0 Å². The van der Waals surface area contributed by atoms with E-state index < -0.39 is 0 Å². The Morgan fingerprint density at radius 1 is 1.16 bits per heavy atom. The first-order valence-electron chi connectivity index (χ1n) is 6.52. The van der Waals surface area contributed by atoms with Crippen molar-refractivity contribution in [3.63, 3.8) is 0 Å². The van der Waals surface area contributed by atoms with Gasteiger partial charge in [-0.05, 0) is 32.0 Å². The SMILES string of the molecule is CNCc1c(C)nn(Cc2ccc(CO)cc2)c1C. The van der Waals surface area contributed by atoms with Crippen molar-refractivity contribution in [1.29, 1.82) is 0 Å². The van der Waals surface area contributed by atoms with Crippen molar-refractivity contribution in [2.45, 2.75) is 33.5 Å². The summed E-state index contributed by atoms with van der Waals surface area (Å²) in [4.78, 5) is 0. The molecule has 102 valence electrons. The predicted molar refractivity (Wildman–Crippen MR) is 75.9 cm³/mol. The fraction of sp³-hybridized carbons (Fsp3) is 0.400. The van der Waals surface area contributed by atoms with Crippen LogP contribution in [0, 0.1) is 13.8 Å². The zero-order valence-electron chi connectivity index (χ0n) is 11.8. The van der Waals surface area contributed by atoms with Crippen LogP contribution in [-0.2, 0) is 19.7 Å². The minimum absolute atomic E-state index is 0.0898. The Morgan fingerprint density at radius 3 is 2.37 bits per heavy atom. The fourth-order valence-electron chi connectivity index (χ4n) is 2.24. The molecule has 1 heterocycles. The van der Waals surface area contributed by atoms with Crippen LogP contribution in [-0.4, -0.2) is 21.9 Å². The lowest BCUT2D eigenvalue weighted by Gasteiger charge is -2.06. The number of aliphatic hydroxyl groups is 1. The van der Waals surface area contributed by atoms with Gasteiger partial charge < -0.3 is 10.4 Å². The number of hydrogen-bond donors (Lipinski definition) is 2. The van der Waals surface area contributed by atoms with Crippen LogP contribution in [0.5, 0.6) is 0 Å². The third-order valence-corrected chi connectivity index (χ3v) is 3.42. The monoisotopic (exact) mass is 259 g/mol. The molecular formula is C15H21N3O. The molecule has 0 saturated carbocycles. The Bertz CT molecular complexity index is 543. The molecule has 19 heavy (non-hydrogen) atoms. The van der Waals surface area contributed by atoms with Crippen LogP contribution in [0.2, 0.25) is 0 Å². The Morgan fingerprint density at radius 2 is 1.79 bits per heavy atom. The molecule has 0 unspecified atom stereocenters. The first kappa shape index (κ1) is 13.8. The number of nitrogens with one attached hydrogen (secondary N) is 1. The molecule has 2 rings (SSSR count). The van der Waals surface area contributed by atoms with E-state index in [1.54, 1.807) is 0 Å². The van der Waals surface area contributed by atoms with Crippen molar-refractivity contribution in [2.75, 3.05) is 7.05 Å². The lowest BCUT2D eigenvalue weighted by atomic mass is 10.1. The molecule has 2 N–H and O–H groups in total. The largest absolute Gasteiger partial charge is 0.392 e. The highest BCUT2D eigenvalue weighted by Crippen LogP contribution is 2.15. The number of aromatic nitrogens is 2. The number of aliphatic hydroxyl groups excluding tert-OH is 1. The normalized spacial score (nSPS) is 10.9. The van der Waals surface area contributed by atoms with Crippen LogP contribution in [0.1, 0.15) is 28.1 Å². The highest BCUT2D eigenvalue weighted by Gasteiger charge is 2.10. The molecule has 0 atom stereocenters. The van der Waals surface area contributed by atoms with Crippen molar-refractivity contribution >= 4 is 0 Å². The lowest BCUT2D eigenvalue weighted by molar-refractivity contribution is 0.282. The molecule has 1 aromatic carbocycles. The molecular weight excluding hydrogens is 238 g/mol. The summed E-state index contributed by atoms with van der Waals surface area (Å²) in [5.74, 6) is 0. The van der Waals surface area contributed by atoms with E-state index in [9.17, 15) is 0 Å². The molecule has 0 aliphatic carbocycles. The summed E-state index contributed by atoms with van der Waals surface area (Å²) in [5.41, 5.74) is 5.69. The lowest BCUT2D eigenvalue weighted by Crippen LogP contribution is -2.08. The maximum atomic E-state index is 9.04. The average Bonchev–Trinajstić information content (AvgIpc) is 2.68. The summed E-state index contributed by atoms with van der Waals surface area (Å²) in [6.45, 7) is 5.86. The summed E-state index contributed by atoms with van der Waals surface area (Å²) in [7, 11) is 1.95. The van der Waals surface area contributed by atoms with Gasteiger partial charge in [0.2, 0.25) is 0 Å². The van der Waals surface area contributed by atoms with Crippen molar-refractivity contribution in [3.8, 4) is 0 Å². The summed E-state index contributed by atoms with van der Waals surface area (Å²) < 4.78 is 2.04. The van der Waals surface area contributed by atoms with Crippen LogP contribution < -0.4 is 5.32 Å². The maximum Gasteiger partial charge on any atom is 0.0681 e. The fourth-order valence-corrected chi connectivity index (χ4v) is 2.24. The molecule has 0 fully saturated rings. The molecule has 0 aliphatic heterocycles. The van der Waals surface area contributed by atoms with Gasteiger partial charge in [-0.15, -0.1) is 0 Å². The van der Waals surface area contributed by atoms with Gasteiger partial charge in [-0.2, -0.15) is 5.10 Å². The Hall–Kier alpha value is -1.65. The molecule has 4 nitrogen and oxygen atoms in total. The summed E-state index contributed by atoms with van der Waals surface area (Å²) in [6.07, 6.45) is 0. The van der Waals surface area contributed by atoms with E-state index in [0.29, 0.717) is 0 Å². The van der Waals surface area contributed by atoms with Crippen molar-refractivity contribution in [1.82, 2.24) is 15.1 Å². The Kier molecular flexibility index (Phi) is 4.35. The van der Waals surface area contributed by atoms with Gasteiger partial charge in [-0.1, -0.05) is 24.3 Å². The smallest absolute Gasteiger partial charge is 0.0681 e. The van der Waals surface area contributed by atoms with Crippen LogP contribution in [0.15, 0.2) is 24.3 Å². The Balaban J connectivity index is 2.20. The molecule has 2 aromatic rings. The minimum Gasteiger partial charge on any atom is -0.392 e.